The standard InChI is InChI=1S/C11H19N3O/c1-7-4-10(5-8(2)15-7)14-6-11(12)9(3)13-14/h6-8,10H,4-5,12H2,1-3H3. The minimum absolute atomic E-state index is 0.310. The van der Waals surface area contributed by atoms with Crippen LogP contribution in [0, 0.1) is 6.92 Å². The van der Waals surface area contributed by atoms with Gasteiger partial charge in [-0.25, -0.2) is 0 Å². The van der Waals surface area contributed by atoms with Gasteiger partial charge < -0.3 is 10.5 Å². The molecule has 0 aliphatic carbocycles. The topological polar surface area (TPSA) is 53.1 Å². The number of rotatable bonds is 1. The number of hydrogen-bond acceptors (Lipinski definition) is 3. The van der Waals surface area contributed by atoms with Gasteiger partial charge in [-0.05, 0) is 33.6 Å². The van der Waals surface area contributed by atoms with E-state index in [9.17, 15) is 0 Å². The molecule has 0 saturated carbocycles. The molecule has 4 nitrogen and oxygen atoms in total. The number of aromatic nitrogens is 2. The molecule has 2 atom stereocenters. The smallest absolute Gasteiger partial charge is 0.0823 e. The summed E-state index contributed by atoms with van der Waals surface area (Å²) in [4.78, 5) is 0. The Hall–Kier alpha value is -1.03. The van der Waals surface area contributed by atoms with Crippen LogP contribution in [0.5, 0.6) is 0 Å². The van der Waals surface area contributed by atoms with Gasteiger partial charge >= 0.3 is 0 Å². The molecule has 15 heavy (non-hydrogen) atoms. The van der Waals surface area contributed by atoms with Gasteiger partial charge in [-0.1, -0.05) is 0 Å². The van der Waals surface area contributed by atoms with Crippen molar-refractivity contribution in [3.8, 4) is 0 Å². The third-order valence-corrected chi connectivity index (χ3v) is 3.00. The van der Waals surface area contributed by atoms with Crippen molar-refractivity contribution in [2.75, 3.05) is 5.73 Å². The fraction of sp³-hybridized carbons (Fsp3) is 0.727. The molecule has 1 aromatic heterocycles. The first kappa shape index (κ1) is 10.5. The monoisotopic (exact) mass is 209 g/mol. The molecule has 4 heteroatoms. The maximum Gasteiger partial charge on any atom is 0.0823 e. The van der Waals surface area contributed by atoms with Gasteiger partial charge in [0.05, 0.1) is 29.6 Å². The lowest BCUT2D eigenvalue weighted by Crippen LogP contribution is -2.31. The van der Waals surface area contributed by atoms with Gasteiger partial charge in [-0.15, -0.1) is 0 Å². The fourth-order valence-corrected chi connectivity index (χ4v) is 2.27. The minimum Gasteiger partial charge on any atom is -0.396 e. The first-order valence-electron chi connectivity index (χ1n) is 5.53. The number of nitrogen functional groups attached to an aromatic ring is 1. The molecule has 1 aliphatic heterocycles. The Labute approximate surface area is 90.4 Å². The number of anilines is 1. The lowest BCUT2D eigenvalue weighted by atomic mass is 10.0. The second-order valence-corrected chi connectivity index (χ2v) is 4.53. The average Bonchev–Trinajstić information content (AvgIpc) is 2.45. The van der Waals surface area contributed by atoms with Gasteiger partial charge in [0.25, 0.3) is 0 Å². The number of ether oxygens (including phenoxy) is 1. The molecular formula is C11H19N3O. The molecule has 2 rings (SSSR count). The molecule has 2 unspecified atom stereocenters. The molecule has 0 spiro atoms. The molecule has 1 aromatic rings. The Kier molecular flexibility index (Phi) is 2.69. The van der Waals surface area contributed by atoms with E-state index < -0.39 is 0 Å². The van der Waals surface area contributed by atoms with Gasteiger partial charge in [0.1, 0.15) is 0 Å². The van der Waals surface area contributed by atoms with Crippen molar-refractivity contribution in [1.29, 1.82) is 0 Å². The van der Waals surface area contributed by atoms with E-state index in [-0.39, 0.29) is 0 Å². The second kappa shape index (κ2) is 3.85. The summed E-state index contributed by atoms with van der Waals surface area (Å²) in [7, 11) is 0. The highest BCUT2D eigenvalue weighted by atomic mass is 16.5. The normalized spacial score (nSPS) is 31.8. The van der Waals surface area contributed by atoms with Crippen LogP contribution in [0.4, 0.5) is 5.69 Å². The molecule has 0 bridgehead atoms. The third-order valence-electron chi connectivity index (χ3n) is 3.00. The Morgan fingerprint density at radius 2 is 2.00 bits per heavy atom. The van der Waals surface area contributed by atoms with E-state index in [4.69, 9.17) is 10.5 Å². The first-order valence-corrected chi connectivity index (χ1v) is 5.53. The predicted octanol–water partition coefficient (Wildman–Crippen LogP) is 1.90. The third kappa shape index (κ3) is 2.15. The highest BCUT2D eigenvalue weighted by Crippen LogP contribution is 2.29. The van der Waals surface area contributed by atoms with Crippen molar-refractivity contribution in [2.45, 2.75) is 51.9 Å². The van der Waals surface area contributed by atoms with Crippen molar-refractivity contribution in [3.05, 3.63) is 11.9 Å². The van der Waals surface area contributed by atoms with Gasteiger partial charge in [0.15, 0.2) is 0 Å². The van der Waals surface area contributed by atoms with Crippen molar-refractivity contribution in [3.63, 3.8) is 0 Å². The van der Waals surface area contributed by atoms with E-state index in [0.29, 0.717) is 18.2 Å². The molecule has 0 aromatic carbocycles. The molecule has 1 aliphatic rings. The molecular weight excluding hydrogens is 190 g/mol. The Bertz CT molecular complexity index is 318. The maximum atomic E-state index is 5.80. The number of hydrogen-bond donors (Lipinski definition) is 1. The molecule has 0 amide bonds. The zero-order chi connectivity index (χ0) is 11.0. The predicted molar refractivity (Wildman–Crippen MR) is 59.7 cm³/mol. The van der Waals surface area contributed by atoms with Crippen LogP contribution in [0.15, 0.2) is 6.20 Å². The lowest BCUT2D eigenvalue weighted by Gasteiger charge is -2.32. The summed E-state index contributed by atoms with van der Waals surface area (Å²) in [6.45, 7) is 6.17. The SMILES string of the molecule is Cc1nn(C2CC(C)OC(C)C2)cc1N. The second-order valence-electron chi connectivity index (χ2n) is 4.53. The summed E-state index contributed by atoms with van der Waals surface area (Å²) < 4.78 is 7.70. The highest BCUT2D eigenvalue weighted by molar-refractivity contribution is 5.39. The first-order chi connectivity index (χ1) is 7.06. The van der Waals surface area contributed by atoms with E-state index in [0.717, 1.165) is 24.2 Å². The molecule has 84 valence electrons. The Balaban J connectivity index is 2.16. The fourth-order valence-electron chi connectivity index (χ4n) is 2.27. The van der Waals surface area contributed by atoms with Crippen LogP contribution in [-0.2, 0) is 4.74 Å². The molecule has 1 saturated heterocycles. The summed E-state index contributed by atoms with van der Waals surface area (Å²) in [5.74, 6) is 0. The van der Waals surface area contributed by atoms with Crippen LogP contribution < -0.4 is 5.73 Å². The van der Waals surface area contributed by atoms with E-state index in [2.05, 4.69) is 18.9 Å². The van der Waals surface area contributed by atoms with Gasteiger partial charge in [0.2, 0.25) is 0 Å². The van der Waals surface area contributed by atoms with E-state index >= 15 is 0 Å². The van der Waals surface area contributed by atoms with Gasteiger partial charge in [-0.2, -0.15) is 5.10 Å². The van der Waals surface area contributed by atoms with Crippen LogP contribution >= 0.6 is 0 Å². The lowest BCUT2D eigenvalue weighted by molar-refractivity contribution is -0.0506. The van der Waals surface area contributed by atoms with E-state index in [1.165, 1.54) is 0 Å². The van der Waals surface area contributed by atoms with Crippen molar-refractivity contribution in [1.82, 2.24) is 9.78 Å². The molecule has 2 N–H and O–H groups in total. The van der Waals surface area contributed by atoms with Crippen molar-refractivity contribution < 1.29 is 4.74 Å². The molecule has 1 fully saturated rings. The van der Waals surface area contributed by atoms with E-state index in [1.54, 1.807) is 0 Å². The van der Waals surface area contributed by atoms with E-state index in [1.807, 2.05) is 17.8 Å². The van der Waals surface area contributed by atoms with Gasteiger partial charge in [-0.3, -0.25) is 4.68 Å². The van der Waals surface area contributed by atoms with Crippen LogP contribution in [0.2, 0.25) is 0 Å². The van der Waals surface area contributed by atoms with Crippen molar-refractivity contribution in [2.24, 2.45) is 0 Å². The largest absolute Gasteiger partial charge is 0.396 e. The zero-order valence-electron chi connectivity index (χ0n) is 9.60. The van der Waals surface area contributed by atoms with Crippen LogP contribution in [-0.4, -0.2) is 22.0 Å². The Morgan fingerprint density at radius 3 is 2.47 bits per heavy atom. The number of nitrogens with zero attached hydrogens (tertiary/aromatic N) is 2. The molecule has 0 radical (unpaired) electrons. The number of nitrogens with two attached hydrogens (primary N) is 1. The summed E-state index contributed by atoms with van der Waals surface area (Å²) in [6.07, 6.45) is 4.59. The van der Waals surface area contributed by atoms with Crippen LogP contribution in [0.3, 0.4) is 0 Å². The minimum atomic E-state index is 0.310. The van der Waals surface area contributed by atoms with Crippen LogP contribution in [0.1, 0.15) is 38.4 Å². The summed E-state index contributed by atoms with van der Waals surface area (Å²) in [6, 6.07) is 0.430. The summed E-state index contributed by atoms with van der Waals surface area (Å²) in [5.41, 5.74) is 7.50. The summed E-state index contributed by atoms with van der Waals surface area (Å²) >= 11 is 0. The average molecular weight is 209 g/mol. The Morgan fingerprint density at radius 1 is 1.40 bits per heavy atom. The van der Waals surface area contributed by atoms with Gasteiger partial charge in [0, 0.05) is 6.20 Å². The zero-order valence-corrected chi connectivity index (χ0v) is 9.60. The van der Waals surface area contributed by atoms with Crippen LogP contribution in [0.25, 0.3) is 0 Å². The highest BCUT2D eigenvalue weighted by Gasteiger charge is 2.26. The summed E-state index contributed by atoms with van der Waals surface area (Å²) in [5, 5.41) is 4.44. The quantitative estimate of drug-likeness (QED) is 0.768. The maximum absolute atomic E-state index is 5.80. The number of aryl methyl sites for hydroxylation is 1. The molecule has 2 heterocycles. The van der Waals surface area contributed by atoms with Crippen molar-refractivity contribution >= 4 is 5.69 Å².